The van der Waals surface area contributed by atoms with Gasteiger partial charge in [0.05, 0.1) is 5.69 Å². The van der Waals surface area contributed by atoms with Gasteiger partial charge in [0, 0.05) is 22.4 Å². The first-order chi connectivity index (χ1) is 27.5. The third kappa shape index (κ3) is 5.79. The second-order valence-electron chi connectivity index (χ2n) is 18.8. The van der Waals surface area contributed by atoms with Crippen LogP contribution in [0.25, 0.3) is 33.4 Å². The van der Waals surface area contributed by atoms with Crippen LogP contribution in [0.3, 0.4) is 0 Å². The molecule has 1 heteroatoms. The highest BCUT2D eigenvalue weighted by Crippen LogP contribution is 2.60. The van der Waals surface area contributed by atoms with E-state index in [4.69, 9.17) is 0 Å². The van der Waals surface area contributed by atoms with Gasteiger partial charge in [-0.3, -0.25) is 0 Å². The molecule has 280 valence electrons. The van der Waals surface area contributed by atoms with Crippen LogP contribution in [0.5, 0.6) is 0 Å². The van der Waals surface area contributed by atoms with Crippen molar-refractivity contribution in [2.75, 3.05) is 4.90 Å². The lowest BCUT2D eigenvalue weighted by Gasteiger charge is -2.54. The lowest BCUT2D eigenvalue weighted by molar-refractivity contribution is -0.00277. The minimum atomic E-state index is -0.135. The fourth-order valence-corrected chi connectivity index (χ4v) is 12.7. The molecular weight excluding hydrogens is 675 g/mol. The van der Waals surface area contributed by atoms with Gasteiger partial charge in [0.1, 0.15) is 0 Å². The molecule has 0 saturated heterocycles. The Morgan fingerprint density at radius 1 is 0.464 bits per heavy atom. The number of benzene rings is 6. The topological polar surface area (TPSA) is 3.24 Å². The molecule has 5 saturated carbocycles. The van der Waals surface area contributed by atoms with Crippen molar-refractivity contribution in [2.45, 2.75) is 95.3 Å². The number of hydrogen-bond donors (Lipinski definition) is 0. The van der Waals surface area contributed by atoms with Crippen LogP contribution in [0.1, 0.15) is 112 Å². The molecule has 1 nitrogen and oxygen atoms in total. The maximum atomic E-state index is 2.59. The molecular formula is C55H55N. The molecule has 6 aromatic carbocycles. The maximum Gasteiger partial charge on any atom is 0.0543 e. The van der Waals surface area contributed by atoms with Crippen molar-refractivity contribution < 1.29 is 0 Å². The van der Waals surface area contributed by atoms with E-state index in [-0.39, 0.29) is 5.41 Å². The molecule has 6 aromatic rings. The first-order valence-corrected chi connectivity index (χ1v) is 21.9. The van der Waals surface area contributed by atoms with E-state index < -0.39 is 0 Å². The molecule has 6 aliphatic rings. The molecule has 12 rings (SSSR count). The predicted molar refractivity (Wildman–Crippen MR) is 235 cm³/mol. The minimum Gasteiger partial charge on any atom is -0.310 e. The van der Waals surface area contributed by atoms with E-state index in [1.807, 2.05) is 0 Å². The van der Waals surface area contributed by atoms with Crippen LogP contribution >= 0.6 is 0 Å². The summed E-state index contributed by atoms with van der Waals surface area (Å²) in [5.41, 5.74) is 17.3. The largest absolute Gasteiger partial charge is 0.310 e. The number of anilines is 3. The van der Waals surface area contributed by atoms with Crippen molar-refractivity contribution in [3.8, 4) is 33.4 Å². The second-order valence-corrected chi connectivity index (χ2v) is 18.8. The van der Waals surface area contributed by atoms with E-state index in [9.17, 15) is 0 Å². The van der Waals surface area contributed by atoms with Crippen molar-refractivity contribution in [1.82, 2.24) is 0 Å². The standard InChI is InChI=1S/C55H55N/c1-55(2)51-27-22-43(39-14-8-4-9-15-39)33-49(51)50-34-48(41-16-10-5-11-17-41)53(35-52(50)55)56(46-23-18-40(19-24-46)38-12-6-3-7-13-38)47-25-20-42(21-26-47)54-44-29-36-28-37(31-44)32-45(54)30-36/h4-5,8-11,14-27,33-38,44-45,54H,3,6-7,12-13,28-32H2,1-2H3. The molecule has 0 atom stereocenters. The summed E-state index contributed by atoms with van der Waals surface area (Å²) in [5, 5.41) is 0. The van der Waals surface area contributed by atoms with E-state index in [0.717, 1.165) is 29.6 Å². The van der Waals surface area contributed by atoms with Gasteiger partial charge in [0.2, 0.25) is 0 Å². The van der Waals surface area contributed by atoms with Crippen LogP contribution < -0.4 is 4.90 Å². The number of nitrogens with zero attached hydrogens (tertiary/aromatic N) is 1. The number of fused-ring (bicyclic) bond motifs is 3. The van der Waals surface area contributed by atoms with Gasteiger partial charge in [-0.15, -0.1) is 0 Å². The molecule has 4 bridgehead atoms. The Labute approximate surface area is 334 Å². The SMILES string of the molecule is CC1(C)c2ccc(-c3ccccc3)cc2-c2cc(-c3ccccc3)c(N(c3ccc(C4CCCCC4)cc3)c3ccc(C4C5CC6CC(C5)CC4C6)cc3)cc21. The summed E-state index contributed by atoms with van der Waals surface area (Å²) in [7, 11) is 0. The van der Waals surface area contributed by atoms with Gasteiger partial charge in [0.15, 0.2) is 0 Å². The van der Waals surface area contributed by atoms with Crippen molar-refractivity contribution in [2.24, 2.45) is 23.7 Å². The molecule has 0 spiro atoms. The van der Waals surface area contributed by atoms with Gasteiger partial charge in [-0.1, -0.05) is 130 Å². The summed E-state index contributed by atoms with van der Waals surface area (Å²) in [5.74, 6) is 5.18. The first-order valence-electron chi connectivity index (χ1n) is 21.9. The predicted octanol–water partition coefficient (Wildman–Crippen LogP) is 15.4. The van der Waals surface area contributed by atoms with Crippen LogP contribution in [0.2, 0.25) is 0 Å². The van der Waals surface area contributed by atoms with Gasteiger partial charge in [-0.05, 0) is 173 Å². The summed E-state index contributed by atoms with van der Waals surface area (Å²) in [6.07, 6.45) is 14.1. The average molecular weight is 730 g/mol. The van der Waals surface area contributed by atoms with Crippen molar-refractivity contribution >= 4 is 17.1 Å². The highest BCUT2D eigenvalue weighted by molar-refractivity contribution is 5.95. The molecule has 0 amide bonds. The zero-order chi connectivity index (χ0) is 37.4. The summed E-state index contributed by atoms with van der Waals surface area (Å²) >= 11 is 0. The molecule has 0 aliphatic heterocycles. The zero-order valence-corrected chi connectivity index (χ0v) is 33.3. The highest BCUT2D eigenvalue weighted by atomic mass is 15.1. The Morgan fingerprint density at radius 2 is 1.04 bits per heavy atom. The molecule has 0 unspecified atom stereocenters. The monoisotopic (exact) mass is 729 g/mol. The lowest BCUT2D eigenvalue weighted by Crippen LogP contribution is -2.43. The summed E-state index contributed by atoms with van der Waals surface area (Å²) in [6, 6.07) is 53.9. The Kier molecular flexibility index (Phi) is 8.38. The van der Waals surface area contributed by atoms with E-state index in [1.165, 1.54) is 131 Å². The van der Waals surface area contributed by atoms with Crippen molar-refractivity contribution in [3.05, 3.63) is 162 Å². The van der Waals surface area contributed by atoms with Gasteiger partial charge >= 0.3 is 0 Å². The maximum absolute atomic E-state index is 2.59. The van der Waals surface area contributed by atoms with Crippen molar-refractivity contribution in [1.29, 1.82) is 0 Å². The highest BCUT2D eigenvalue weighted by Gasteiger charge is 2.48. The normalized spacial score (nSPS) is 24.5. The molecule has 0 heterocycles. The van der Waals surface area contributed by atoms with Gasteiger partial charge < -0.3 is 4.90 Å². The summed E-state index contributed by atoms with van der Waals surface area (Å²) in [4.78, 5) is 2.59. The van der Waals surface area contributed by atoms with Gasteiger partial charge in [-0.2, -0.15) is 0 Å². The van der Waals surface area contributed by atoms with E-state index in [2.05, 4.69) is 158 Å². The van der Waals surface area contributed by atoms with Crippen LogP contribution in [0, 0.1) is 23.7 Å². The third-order valence-corrected chi connectivity index (χ3v) is 15.2. The average Bonchev–Trinajstić information content (AvgIpc) is 3.46. The Balaban J connectivity index is 1.07. The van der Waals surface area contributed by atoms with E-state index in [0.29, 0.717) is 5.92 Å². The van der Waals surface area contributed by atoms with Crippen LogP contribution in [0.4, 0.5) is 17.1 Å². The van der Waals surface area contributed by atoms with Gasteiger partial charge in [0.25, 0.3) is 0 Å². The van der Waals surface area contributed by atoms with Crippen LogP contribution in [-0.4, -0.2) is 0 Å². The first kappa shape index (κ1) is 34.4. The van der Waals surface area contributed by atoms with E-state index >= 15 is 0 Å². The van der Waals surface area contributed by atoms with Crippen LogP contribution in [0.15, 0.2) is 140 Å². The quantitative estimate of drug-likeness (QED) is 0.158. The van der Waals surface area contributed by atoms with E-state index in [1.54, 1.807) is 5.56 Å². The Bertz CT molecular complexity index is 2330. The van der Waals surface area contributed by atoms with Gasteiger partial charge in [-0.25, -0.2) is 0 Å². The fourth-order valence-electron chi connectivity index (χ4n) is 12.7. The second kappa shape index (κ2) is 13.7. The smallest absolute Gasteiger partial charge is 0.0543 e. The molecule has 0 radical (unpaired) electrons. The number of rotatable bonds is 7. The minimum absolute atomic E-state index is 0.135. The lowest BCUT2D eigenvalue weighted by atomic mass is 9.51. The Morgan fingerprint density at radius 3 is 1.66 bits per heavy atom. The molecule has 0 aromatic heterocycles. The molecule has 5 fully saturated rings. The fraction of sp³-hybridized carbons (Fsp3) is 0.345. The molecule has 56 heavy (non-hydrogen) atoms. The molecule has 0 N–H and O–H groups in total. The molecule has 6 aliphatic carbocycles. The zero-order valence-electron chi connectivity index (χ0n) is 33.3. The number of hydrogen-bond acceptors (Lipinski definition) is 1. The summed E-state index contributed by atoms with van der Waals surface area (Å²) in [6.45, 7) is 4.85. The Hall–Kier alpha value is -4.88. The summed E-state index contributed by atoms with van der Waals surface area (Å²) < 4.78 is 0. The van der Waals surface area contributed by atoms with Crippen molar-refractivity contribution in [3.63, 3.8) is 0 Å². The van der Waals surface area contributed by atoms with Crippen LogP contribution in [-0.2, 0) is 5.41 Å². The third-order valence-electron chi connectivity index (χ3n) is 15.2.